The molecule has 0 spiro atoms. The third-order valence-corrected chi connectivity index (χ3v) is 8.29. The fourth-order valence-electron chi connectivity index (χ4n) is 6.88. The molecule has 0 aliphatic heterocycles. The summed E-state index contributed by atoms with van der Waals surface area (Å²) < 4.78 is 0. The van der Waals surface area contributed by atoms with Crippen LogP contribution in [-0.4, -0.2) is 17.3 Å². The number of rotatable bonds is 0. The summed E-state index contributed by atoms with van der Waals surface area (Å²) in [5.74, 6) is 0.923. The summed E-state index contributed by atoms with van der Waals surface area (Å²) in [5, 5.41) is 9.95. The predicted octanol–water partition coefficient (Wildman–Crippen LogP) is 3.24. The van der Waals surface area contributed by atoms with Crippen LogP contribution < -0.4 is 0 Å². The minimum absolute atomic E-state index is 0.150. The van der Waals surface area contributed by atoms with Gasteiger partial charge in [0.05, 0.1) is 11.5 Å². The van der Waals surface area contributed by atoms with Gasteiger partial charge in [0.25, 0.3) is 0 Å². The largest absolute Gasteiger partial charge is 0.300 e. The van der Waals surface area contributed by atoms with Gasteiger partial charge >= 0.3 is 0 Å². The number of ketones is 3. The summed E-state index contributed by atoms with van der Waals surface area (Å²) in [7, 11) is 0. The Morgan fingerprint density at radius 3 is 2.50 bits per heavy atom. The van der Waals surface area contributed by atoms with E-state index in [1.807, 2.05) is 6.92 Å². The number of nitriles is 1. The maximum absolute atomic E-state index is 13.2. The first-order valence-corrected chi connectivity index (χ1v) is 9.26. The molecule has 4 saturated carbocycles. The van der Waals surface area contributed by atoms with E-state index in [0.29, 0.717) is 38.5 Å². The molecule has 0 amide bonds. The van der Waals surface area contributed by atoms with Crippen molar-refractivity contribution in [1.29, 1.82) is 5.26 Å². The quantitative estimate of drug-likeness (QED) is 0.684. The zero-order chi connectivity index (χ0) is 17.3. The van der Waals surface area contributed by atoms with Crippen molar-refractivity contribution < 1.29 is 14.4 Å². The molecule has 6 atom stereocenters. The van der Waals surface area contributed by atoms with Gasteiger partial charge in [0.2, 0.25) is 0 Å². The van der Waals surface area contributed by atoms with Crippen molar-refractivity contribution in [2.45, 2.75) is 65.2 Å². The smallest absolute Gasteiger partial charge is 0.139 e. The van der Waals surface area contributed by atoms with E-state index >= 15 is 0 Å². The standard InChI is InChI=1S/C20H25NO3/c1-18-10-15(23)17-13(14(18)3-4-16(18)24)6-8-20(11-21)9-12(22)5-7-19(17,20)2/h13-14,17H,3-10H2,1-2H3/t13-,14-,17+,18-,19+,20?/m0/s1. The van der Waals surface area contributed by atoms with Gasteiger partial charge in [0, 0.05) is 37.0 Å². The molecule has 4 rings (SSSR count). The molecule has 0 aromatic rings. The van der Waals surface area contributed by atoms with Crippen molar-refractivity contribution >= 4 is 17.3 Å². The number of carbonyl (C=O) groups excluding carboxylic acids is 3. The Balaban J connectivity index is 1.79. The first kappa shape index (κ1) is 16.0. The Morgan fingerprint density at radius 2 is 1.79 bits per heavy atom. The highest BCUT2D eigenvalue weighted by Gasteiger charge is 2.67. The number of hydrogen-bond acceptors (Lipinski definition) is 4. The third-order valence-electron chi connectivity index (χ3n) is 8.29. The van der Waals surface area contributed by atoms with Crippen molar-refractivity contribution in [3.63, 3.8) is 0 Å². The summed E-state index contributed by atoms with van der Waals surface area (Å²) in [5.41, 5.74) is -1.58. The van der Waals surface area contributed by atoms with Crippen molar-refractivity contribution in [1.82, 2.24) is 0 Å². The minimum atomic E-state index is -0.685. The Kier molecular flexibility index (Phi) is 3.18. The van der Waals surface area contributed by atoms with Crippen LogP contribution in [0.4, 0.5) is 0 Å². The van der Waals surface area contributed by atoms with Gasteiger partial charge in [-0.05, 0) is 42.9 Å². The van der Waals surface area contributed by atoms with Gasteiger partial charge in [-0.25, -0.2) is 0 Å². The predicted molar refractivity (Wildman–Crippen MR) is 86.7 cm³/mol. The molecule has 0 aromatic carbocycles. The maximum atomic E-state index is 13.2. The van der Waals surface area contributed by atoms with Crippen molar-refractivity contribution in [2.75, 3.05) is 0 Å². The second kappa shape index (κ2) is 4.77. The van der Waals surface area contributed by atoms with Crippen LogP contribution in [0, 0.1) is 45.3 Å². The fourth-order valence-corrected chi connectivity index (χ4v) is 6.88. The van der Waals surface area contributed by atoms with Crippen molar-refractivity contribution in [2.24, 2.45) is 34.0 Å². The average molecular weight is 327 g/mol. The molecular formula is C20H25NO3. The first-order chi connectivity index (χ1) is 11.3. The fraction of sp³-hybridized carbons (Fsp3) is 0.800. The topological polar surface area (TPSA) is 75.0 Å². The molecule has 4 aliphatic rings. The highest BCUT2D eigenvalue weighted by Crippen LogP contribution is 2.67. The van der Waals surface area contributed by atoms with Crippen LogP contribution in [0.2, 0.25) is 0 Å². The molecule has 0 bridgehead atoms. The van der Waals surface area contributed by atoms with E-state index in [9.17, 15) is 19.6 Å². The van der Waals surface area contributed by atoms with E-state index < -0.39 is 16.2 Å². The molecule has 0 saturated heterocycles. The highest BCUT2D eigenvalue weighted by atomic mass is 16.1. The Labute approximate surface area is 143 Å². The zero-order valence-corrected chi connectivity index (χ0v) is 14.6. The van der Waals surface area contributed by atoms with Gasteiger partial charge in [-0.15, -0.1) is 0 Å². The lowest BCUT2D eigenvalue weighted by molar-refractivity contribution is -0.169. The lowest BCUT2D eigenvalue weighted by Crippen LogP contribution is -2.61. The van der Waals surface area contributed by atoms with Crippen LogP contribution in [0.5, 0.6) is 0 Å². The average Bonchev–Trinajstić information content (AvgIpc) is 2.82. The molecule has 0 radical (unpaired) electrons. The number of fused-ring (bicyclic) bond motifs is 5. The van der Waals surface area contributed by atoms with Crippen molar-refractivity contribution in [3.05, 3.63) is 0 Å². The third kappa shape index (κ3) is 1.71. The lowest BCUT2D eigenvalue weighted by atomic mass is 9.40. The van der Waals surface area contributed by atoms with Crippen LogP contribution in [0.25, 0.3) is 0 Å². The van der Waals surface area contributed by atoms with Crippen LogP contribution in [0.1, 0.15) is 65.2 Å². The number of hydrogen-bond donors (Lipinski definition) is 0. The Bertz CT molecular complexity index is 691. The van der Waals surface area contributed by atoms with E-state index in [1.54, 1.807) is 0 Å². The molecule has 4 aliphatic carbocycles. The van der Waals surface area contributed by atoms with Crippen LogP contribution in [0.15, 0.2) is 0 Å². The molecule has 128 valence electrons. The minimum Gasteiger partial charge on any atom is -0.300 e. The van der Waals surface area contributed by atoms with Gasteiger partial charge in [-0.1, -0.05) is 13.8 Å². The molecule has 4 fully saturated rings. The van der Waals surface area contributed by atoms with Crippen LogP contribution in [-0.2, 0) is 14.4 Å². The number of carbonyl (C=O) groups is 3. The summed E-state index contributed by atoms with van der Waals surface area (Å²) in [4.78, 5) is 37.7. The molecule has 0 heterocycles. The Hall–Kier alpha value is -1.50. The molecule has 24 heavy (non-hydrogen) atoms. The number of nitrogens with zero attached hydrogens (tertiary/aromatic N) is 1. The summed E-state index contributed by atoms with van der Waals surface area (Å²) in [6.45, 7) is 4.07. The first-order valence-electron chi connectivity index (χ1n) is 9.26. The number of Topliss-reactive ketones (excluding diaryl/α,β-unsaturated/α-hetero) is 3. The molecule has 0 N–H and O–H groups in total. The van der Waals surface area contributed by atoms with Crippen LogP contribution >= 0.6 is 0 Å². The summed E-state index contributed by atoms with van der Waals surface area (Å²) in [6.07, 6.45) is 4.75. The second-order valence-electron chi connectivity index (χ2n) is 9.14. The van der Waals surface area contributed by atoms with Gasteiger partial charge in [-0.2, -0.15) is 5.26 Å². The highest BCUT2D eigenvalue weighted by molar-refractivity contribution is 5.95. The van der Waals surface area contributed by atoms with E-state index in [2.05, 4.69) is 13.0 Å². The lowest BCUT2D eigenvalue weighted by Gasteiger charge is -2.61. The van der Waals surface area contributed by atoms with Gasteiger partial charge in [-0.3, -0.25) is 14.4 Å². The zero-order valence-electron chi connectivity index (χ0n) is 14.6. The second-order valence-corrected chi connectivity index (χ2v) is 9.14. The SMILES string of the molecule is C[C@]12CC(=O)[C@H]3[C@@H](CCC4(C#N)CC(=O)CC[C@]34C)[C@@H]1CCC2=O. The van der Waals surface area contributed by atoms with Gasteiger partial charge in [0.1, 0.15) is 17.3 Å². The molecule has 4 heteroatoms. The van der Waals surface area contributed by atoms with Crippen molar-refractivity contribution in [3.8, 4) is 6.07 Å². The monoisotopic (exact) mass is 327 g/mol. The maximum Gasteiger partial charge on any atom is 0.139 e. The van der Waals surface area contributed by atoms with Gasteiger partial charge in [0.15, 0.2) is 0 Å². The van der Waals surface area contributed by atoms with Crippen LogP contribution in [0.3, 0.4) is 0 Å². The normalized spacial score (nSPS) is 50.7. The van der Waals surface area contributed by atoms with E-state index in [0.717, 1.165) is 12.8 Å². The van der Waals surface area contributed by atoms with E-state index in [4.69, 9.17) is 0 Å². The summed E-state index contributed by atoms with van der Waals surface area (Å²) >= 11 is 0. The molecule has 1 unspecified atom stereocenters. The molecular weight excluding hydrogens is 302 g/mol. The van der Waals surface area contributed by atoms with Gasteiger partial charge < -0.3 is 0 Å². The molecule has 0 aromatic heterocycles. The van der Waals surface area contributed by atoms with E-state index in [1.165, 1.54) is 0 Å². The Morgan fingerprint density at radius 1 is 1.04 bits per heavy atom. The van der Waals surface area contributed by atoms with E-state index in [-0.39, 0.29) is 35.1 Å². The summed E-state index contributed by atoms with van der Waals surface area (Å²) in [6, 6.07) is 2.48. The molecule has 4 nitrogen and oxygen atoms in total.